The molecule has 0 spiro atoms. The maximum atomic E-state index is 13.8. The van der Waals surface area contributed by atoms with Gasteiger partial charge in [-0.3, -0.25) is 29.0 Å². The van der Waals surface area contributed by atoms with Crippen LogP contribution in [0, 0.1) is 29.2 Å². The largest absolute Gasteiger partial charge is 0.481 e. The number of hydrogen-bond acceptors (Lipinski definition) is 7. The van der Waals surface area contributed by atoms with Crippen LogP contribution in [0.3, 0.4) is 0 Å². The summed E-state index contributed by atoms with van der Waals surface area (Å²) >= 11 is 0. The van der Waals surface area contributed by atoms with Crippen LogP contribution in [-0.2, 0) is 24.0 Å². The number of halogens is 4. The van der Waals surface area contributed by atoms with Crippen molar-refractivity contribution in [2.45, 2.75) is 32.2 Å². The van der Waals surface area contributed by atoms with E-state index < -0.39 is 96.2 Å². The molecule has 14 heteroatoms. The topological polar surface area (TPSA) is 152 Å². The van der Waals surface area contributed by atoms with E-state index in [1.54, 1.807) is 0 Å². The van der Waals surface area contributed by atoms with Gasteiger partial charge in [0.2, 0.25) is 23.3 Å². The molecule has 0 unspecified atom stereocenters. The van der Waals surface area contributed by atoms with Gasteiger partial charge in [0.15, 0.2) is 23.2 Å². The van der Waals surface area contributed by atoms with Crippen LogP contribution < -0.4 is 15.4 Å². The predicted octanol–water partition coefficient (Wildman–Crippen LogP) is 2.17. The van der Waals surface area contributed by atoms with Gasteiger partial charge in [0, 0.05) is 31.0 Å². The van der Waals surface area contributed by atoms with Crippen molar-refractivity contribution in [3.05, 3.63) is 53.9 Å². The predicted molar refractivity (Wildman–Crippen MR) is 117 cm³/mol. The Bertz CT molecular complexity index is 1170. The Labute approximate surface area is 207 Å². The Kier molecular flexibility index (Phi) is 10.2. The number of nitrogens with one attached hydrogen (secondary N) is 2. The third kappa shape index (κ3) is 8.37. The van der Waals surface area contributed by atoms with Gasteiger partial charge in [0.25, 0.3) is 5.91 Å². The molecule has 0 aliphatic rings. The Morgan fingerprint density at radius 1 is 1.08 bits per heavy atom. The molecule has 37 heavy (non-hydrogen) atoms. The van der Waals surface area contributed by atoms with Crippen molar-refractivity contribution in [2.75, 3.05) is 11.9 Å². The van der Waals surface area contributed by atoms with E-state index in [-0.39, 0.29) is 11.8 Å². The number of carbonyl (C=O) groups is 5. The van der Waals surface area contributed by atoms with E-state index in [2.05, 4.69) is 20.4 Å². The number of pyridine rings is 1. The SMILES string of the molecule is C[C@H](CC(=O)C(=O)Nc1cccnc1)C(=O)N[C@@H](CCC(=O)O)C(=O)COc1c(F)c(F)cc(F)c1F. The second kappa shape index (κ2) is 13.1. The number of hydrogen-bond donors (Lipinski definition) is 3. The van der Waals surface area contributed by atoms with Crippen LogP contribution in [-0.4, -0.2) is 52.1 Å². The summed E-state index contributed by atoms with van der Waals surface area (Å²) in [5.41, 5.74) is 0.239. The minimum Gasteiger partial charge on any atom is -0.481 e. The maximum absolute atomic E-state index is 13.8. The highest BCUT2D eigenvalue weighted by Crippen LogP contribution is 2.26. The Balaban J connectivity index is 2.03. The normalized spacial score (nSPS) is 12.2. The van der Waals surface area contributed by atoms with Gasteiger partial charge in [0.1, 0.15) is 6.61 Å². The molecule has 2 amide bonds. The lowest BCUT2D eigenvalue weighted by atomic mass is 10.0. The number of amides is 2. The number of Topliss-reactive ketones (excluding diaryl/α,β-unsaturated/α-hetero) is 2. The Morgan fingerprint density at radius 3 is 2.30 bits per heavy atom. The summed E-state index contributed by atoms with van der Waals surface area (Å²) in [6, 6.07) is 1.37. The van der Waals surface area contributed by atoms with E-state index in [1.807, 2.05) is 0 Å². The van der Waals surface area contributed by atoms with E-state index in [0.717, 1.165) is 0 Å². The summed E-state index contributed by atoms with van der Waals surface area (Å²) < 4.78 is 58.7. The minimum absolute atomic E-state index is 0.0606. The number of ketones is 2. The molecule has 0 saturated carbocycles. The van der Waals surface area contributed by atoms with Crippen molar-refractivity contribution >= 4 is 35.0 Å². The van der Waals surface area contributed by atoms with E-state index in [1.165, 1.54) is 31.5 Å². The molecule has 0 saturated heterocycles. The lowest BCUT2D eigenvalue weighted by molar-refractivity contribution is -0.139. The van der Waals surface area contributed by atoms with Crippen LogP contribution in [0.4, 0.5) is 23.2 Å². The fraction of sp³-hybridized carbons (Fsp3) is 0.304. The van der Waals surface area contributed by atoms with Crippen molar-refractivity contribution < 1.29 is 51.4 Å². The first-order valence-corrected chi connectivity index (χ1v) is 10.7. The average molecular weight is 527 g/mol. The van der Waals surface area contributed by atoms with Gasteiger partial charge in [-0.1, -0.05) is 6.92 Å². The second-order valence-electron chi connectivity index (χ2n) is 7.77. The molecule has 0 radical (unpaired) electrons. The van der Waals surface area contributed by atoms with Gasteiger partial charge in [0.05, 0.1) is 17.9 Å². The molecule has 3 N–H and O–H groups in total. The number of aromatic nitrogens is 1. The average Bonchev–Trinajstić information content (AvgIpc) is 2.85. The van der Waals surface area contributed by atoms with Crippen LogP contribution in [0.5, 0.6) is 5.75 Å². The number of anilines is 1. The first kappa shape index (κ1) is 28.9. The highest BCUT2D eigenvalue weighted by molar-refractivity contribution is 6.40. The molecular formula is C23H21F4N3O7. The summed E-state index contributed by atoms with van der Waals surface area (Å²) in [7, 11) is 0. The van der Waals surface area contributed by atoms with E-state index in [0.29, 0.717) is 0 Å². The number of nitrogens with zero attached hydrogens (tertiary/aromatic N) is 1. The van der Waals surface area contributed by atoms with Crippen LogP contribution in [0.1, 0.15) is 26.2 Å². The fourth-order valence-corrected chi connectivity index (χ4v) is 2.92. The Morgan fingerprint density at radius 2 is 1.73 bits per heavy atom. The second-order valence-corrected chi connectivity index (χ2v) is 7.77. The fourth-order valence-electron chi connectivity index (χ4n) is 2.92. The number of rotatable bonds is 13. The highest BCUT2D eigenvalue weighted by Gasteiger charge is 2.28. The van der Waals surface area contributed by atoms with Crippen LogP contribution in [0.2, 0.25) is 0 Å². The lowest BCUT2D eigenvalue weighted by Crippen LogP contribution is -2.45. The smallest absolute Gasteiger partial charge is 0.303 e. The molecule has 0 aliphatic carbocycles. The number of benzene rings is 1. The zero-order chi connectivity index (χ0) is 27.7. The number of aliphatic carboxylic acids is 1. The zero-order valence-corrected chi connectivity index (χ0v) is 19.2. The lowest BCUT2D eigenvalue weighted by Gasteiger charge is -2.20. The van der Waals surface area contributed by atoms with E-state index in [9.17, 15) is 41.5 Å². The highest BCUT2D eigenvalue weighted by atomic mass is 19.2. The van der Waals surface area contributed by atoms with Gasteiger partial charge in [-0.05, 0) is 18.6 Å². The number of carboxylic acid groups (broad SMARTS) is 1. The summed E-state index contributed by atoms with van der Waals surface area (Å²) in [5, 5.41) is 13.4. The summed E-state index contributed by atoms with van der Waals surface area (Å²) in [6.07, 6.45) is 1.06. The van der Waals surface area contributed by atoms with Crippen molar-refractivity contribution in [1.82, 2.24) is 10.3 Å². The van der Waals surface area contributed by atoms with Crippen molar-refractivity contribution in [3.8, 4) is 5.75 Å². The van der Waals surface area contributed by atoms with Gasteiger partial charge < -0.3 is 20.5 Å². The minimum atomic E-state index is -1.89. The first-order chi connectivity index (χ1) is 17.4. The molecule has 0 fully saturated rings. The molecule has 1 aromatic heterocycles. The summed E-state index contributed by atoms with van der Waals surface area (Å²) in [4.78, 5) is 63.9. The van der Waals surface area contributed by atoms with Crippen LogP contribution >= 0.6 is 0 Å². The van der Waals surface area contributed by atoms with Gasteiger partial charge >= 0.3 is 5.97 Å². The third-order valence-electron chi connectivity index (χ3n) is 4.89. The monoisotopic (exact) mass is 527 g/mol. The van der Waals surface area contributed by atoms with Crippen molar-refractivity contribution in [3.63, 3.8) is 0 Å². The van der Waals surface area contributed by atoms with Gasteiger partial charge in [-0.25, -0.2) is 8.78 Å². The van der Waals surface area contributed by atoms with Crippen molar-refractivity contribution in [1.29, 1.82) is 0 Å². The molecule has 2 atom stereocenters. The standard InChI is InChI=1S/C23H21F4N3O7/c1-11(7-16(31)23(36)29-12-3-2-6-28-9-12)22(35)30-15(4-5-18(33)34)17(32)10-37-21-19(26)13(24)8-14(25)20(21)27/h2-3,6,8-9,11,15H,4-5,7,10H2,1H3,(H,29,36)(H,30,35)(H,33,34)/t11-,15+/m1/s1. The molecule has 1 heterocycles. The van der Waals surface area contributed by atoms with Crippen LogP contribution in [0.25, 0.3) is 0 Å². The summed E-state index contributed by atoms with van der Waals surface area (Å²) in [6.45, 7) is 0.0855. The van der Waals surface area contributed by atoms with E-state index >= 15 is 0 Å². The maximum Gasteiger partial charge on any atom is 0.303 e. The molecule has 1 aromatic carbocycles. The number of carbonyl (C=O) groups excluding carboxylic acids is 4. The van der Waals surface area contributed by atoms with Gasteiger partial charge in [-0.2, -0.15) is 8.78 Å². The Hall–Kier alpha value is -4.36. The molecule has 0 bridgehead atoms. The molecule has 2 rings (SSSR count). The quantitative estimate of drug-likeness (QED) is 0.204. The molecule has 10 nitrogen and oxygen atoms in total. The van der Waals surface area contributed by atoms with E-state index in [4.69, 9.17) is 5.11 Å². The molecule has 198 valence electrons. The molecular weight excluding hydrogens is 506 g/mol. The van der Waals surface area contributed by atoms with Crippen molar-refractivity contribution in [2.24, 2.45) is 5.92 Å². The number of carboxylic acids is 1. The molecule has 0 aliphatic heterocycles. The third-order valence-corrected chi connectivity index (χ3v) is 4.89. The van der Waals surface area contributed by atoms with Crippen LogP contribution in [0.15, 0.2) is 30.6 Å². The molecule has 2 aromatic rings. The summed E-state index contributed by atoms with van der Waals surface area (Å²) in [5.74, 6) is -15.3. The van der Waals surface area contributed by atoms with Gasteiger partial charge in [-0.15, -0.1) is 0 Å². The first-order valence-electron chi connectivity index (χ1n) is 10.7. The number of ether oxygens (including phenoxy) is 1. The zero-order valence-electron chi connectivity index (χ0n) is 19.2.